The fourth-order valence-corrected chi connectivity index (χ4v) is 4.90. The minimum absolute atomic E-state index is 0.334. The van der Waals surface area contributed by atoms with Gasteiger partial charge in [-0.15, -0.1) is 0 Å². The van der Waals surface area contributed by atoms with Crippen LogP contribution in [0, 0.1) is 11.8 Å². The van der Waals surface area contributed by atoms with Crippen molar-refractivity contribution in [1.29, 1.82) is 0 Å². The second-order valence-corrected chi connectivity index (χ2v) is 9.13. The summed E-state index contributed by atoms with van der Waals surface area (Å²) in [6.07, 6.45) is 1.22. The van der Waals surface area contributed by atoms with Gasteiger partial charge in [0.25, 0.3) is 5.56 Å². The Morgan fingerprint density at radius 3 is 2.37 bits per heavy atom. The van der Waals surface area contributed by atoms with E-state index in [1.807, 2.05) is 28.8 Å². The summed E-state index contributed by atoms with van der Waals surface area (Å²) < 4.78 is 4.52. The molecule has 1 saturated heterocycles. The van der Waals surface area contributed by atoms with Crippen LogP contribution in [-0.4, -0.2) is 36.7 Å². The van der Waals surface area contributed by atoms with E-state index in [0.717, 1.165) is 29.0 Å². The van der Waals surface area contributed by atoms with Crippen LogP contribution in [0.3, 0.4) is 0 Å². The Hall–Kier alpha value is -2.38. The van der Waals surface area contributed by atoms with Crippen molar-refractivity contribution < 1.29 is 0 Å². The van der Waals surface area contributed by atoms with Gasteiger partial charge in [0.2, 0.25) is 0 Å². The highest BCUT2D eigenvalue weighted by molar-refractivity contribution is 6.31. The van der Waals surface area contributed by atoms with E-state index in [1.165, 1.54) is 18.0 Å². The maximum Gasteiger partial charge on any atom is 0.332 e. The van der Waals surface area contributed by atoms with Gasteiger partial charge in [0.05, 0.1) is 13.1 Å². The standard InChI is InChI=1S/C22H28ClN5O2/c1-14-9-15(2)11-27(10-14)13-18-24-20-19(21(29)26(4)22(30)25(20)3)28(18)12-16-7-5-6-8-17(16)23/h5-8,14-15H,9-13H2,1-4H3/t14-,15-/m0/s1. The number of aryl methyl sites for hydroxylation is 1. The molecule has 3 heterocycles. The quantitative estimate of drug-likeness (QED) is 0.639. The summed E-state index contributed by atoms with van der Waals surface area (Å²) in [4.78, 5) is 32.7. The van der Waals surface area contributed by atoms with Gasteiger partial charge < -0.3 is 4.57 Å². The lowest BCUT2D eigenvalue weighted by molar-refractivity contribution is 0.130. The summed E-state index contributed by atoms with van der Waals surface area (Å²) in [5, 5.41) is 0.646. The van der Waals surface area contributed by atoms with E-state index >= 15 is 0 Å². The monoisotopic (exact) mass is 429 g/mol. The van der Waals surface area contributed by atoms with Gasteiger partial charge in [-0.05, 0) is 29.9 Å². The number of piperidine rings is 1. The highest BCUT2D eigenvalue weighted by Crippen LogP contribution is 2.24. The molecular weight excluding hydrogens is 402 g/mol. The van der Waals surface area contributed by atoms with E-state index in [1.54, 1.807) is 7.05 Å². The van der Waals surface area contributed by atoms with Crippen molar-refractivity contribution >= 4 is 22.8 Å². The molecule has 0 spiro atoms. The predicted molar refractivity (Wildman–Crippen MR) is 119 cm³/mol. The van der Waals surface area contributed by atoms with Crippen LogP contribution in [0.4, 0.5) is 0 Å². The van der Waals surface area contributed by atoms with Crippen LogP contribution >= 0.6 is 11.6 Å². The number of halogens is 1. The number of imidazole rings is 1. The van der Waals surface area contributed by atoms with Gasteiger partial charge in [0.15, 0.2) is 11.2 Å². The highest BCUT2D eigenvalue weighted by Gasteiger charge is 2.25. The minimum atomic E-state index is -0.373. The van der Waals surface area contributed by atoms with Gasteiger partial charge >= 0.3 is 5.69 Å². The van der Waals surface area contributed by atoms with Crippen molar-refractivity contribution in [3.05, 3.63) is 61.5 Å². The van der Waals surface area contributed by atoms with Crippen molar-refractivity contribution in [2.45, 2.75) is 33.4 Å². The second kappa shape index (κ2) is 8.04. The van der Waals surface area contributed by atoms with Crippen LogP contribution in [0.5, 0.6) is 0 Å². The summed E-state index contributed by atoms with van der Waals surface area (Å²) >= 11 is 6.42. The average molecular weight is 430 g/mol. The molecule has 160 valence electrons. The molecule has 1 aliphatic rings. The summed E-state index contributed by atoms with van der Waals surface area (Å²) in [5.41, 5.74) is 1.06. The molecule has 1 aromatic carbocycles. The van der Waals surface area contributed by atoms with Crippen LogP contribution in [0.1, 0.15) is 31.7 Å². The molecule has 0 aliphatic carbocycles. The Labute approximate surface area is 180 Å². The Kier molecular flexibility index (Phi) is 5.59. The van der Waals surface area contributed by atoms with Gasteiger partial charge in [0.1, 0.15) is 5.82 Å². The zero-order chi connectivity index (χ0) is 21.6. The van der Waals surface area contributed by atoms with Crippen LogP contribution in [0.25, 0.3) is 11.2 Å². The third-order valence-electron chi connectivity index (χ3n) is 6.02. The van der Waals surface area contributed by atoms with Crippen LogP contribution in [-0.2, 0) is 27.2 Å². The van der Waals surface area contributed by atoms with E-state index < -0.39 is 0 Å². The number of nitrogens with zero attached hydrogens (tertiary/aromatic N) is 5. The minimum Gasteiger partial charge on any atom is -0.316 e. The van der Waals surface area contributed by atoms with Crippen LogP contribution in [0.2, 0.25) is 5.02 Å². The molecule has 2 atom stereocenters. The van der Waals surface area contributed by atoms with E-state index in [9.17, 15) is 9.59 Å². The molecule has 0 amide bonds. The average Bonchev–Trinajstić information content (AvgIpc) is 3.04. The van der Waals surface area contributed by atoms with Gasteiger partial charge in [-0.25, -0.2) is 9.78 Å². The smallest absolute Gasteiger partial charge is 0.316 e. The lowest BCUT2D eigenvalue weighted by Crippen LogP contribution is -2.39. The molecule has 2 aromatic heterocycles. The van der Waals surface area contributed by atoms with E-state index in [-0.39, 0.29) is 11.2 Å². The molecule has 3 aromatic rings. The zero-order valence-corrected chi connectivity index (χ0v) is 18.7. The first kappa shape index (κ1) is 20.9. The van der Waals surface area contributed by atoms with Crippen LogP contribution < -0.4 is 11.2 Å². The molecule has 0 radical (unpaired) electrons. The van der Waals surface area contributed by atoms with Crippen molar-refractivity contribution in [1.82, 2.24) is 23.6 Å². The molecule has 8 heteroatoms. The predicted octanol–water partition coefficient (Wildman–Crippen LogP) is 2.61. The number of aromatic nitrogens is 4. The fraction of sp³-hybridized carbons (Fsp3) is 0.500. The number of benzene rings is 1. The summed E-state index contributed by atoms with van der Waals surface area (Å²) in [7, 11) is 3.16. The number of likely N-dealkylation sites (tertiary alicyclic amines) is 1. The third-order valence-corrected chi connectivity index (χ3v) is 6.39. The van der Waals surface area contributed by atoms with E-state index in [0.29, 0.717) is 41.1 Å². The topological polar surface area (TPSA) is 65.1 Å². The second-order valence-electron chi connectivity index (χ2n) is 8.72. The van der Waals surface area contributed by atoms with Crippen molar-refractivity contribution in [3.63, 3.8) is 0 Å². The third kappa shape index (κ3) is 3.72. The Balaban J connectivity index is 1.87. The lowest BCUT2D eigenvalue weighted by Gasteiger charge is -2.34. The number of fused-ring (bicyclic) bond motifs is 1. The first-order valence-electron chi connectivity index (χ1n) is 10.4. The molecule has 7 nitrogen and oxygen atoms in total. The molecule has 1 aliphatic heterocycles. The van der Waals surface area contributed by atoms with Gasteiger partial charge in [-0.1, -0.05) is 43.6 Å². The zero-order valence-electron chi connectivity index (χ0n) is 17.9. The molecule has 0 N–H and O–H groups in total. The number of rotatable bonds is 4. The molecular formula is C22H28ClN5O2. The van der Waals surface area contributed by atoms with Crippen molar-refractivity contribution in [2.75, 3.05) is 13.1 Å². The Bertz CT molecular complexity index is 1200. The van der Waals surface area contributed by atoms with E-state index in [4.69, 9.17) is 16.6 Å². The fourth-order valence-electron chi connectivity index (χ4n) is 4.70. The summed E-state index contributed by atoms with van der Waals surface area (Å²) in [6, 6.07) is 7.62. The van der Waals surface area contributed by atoms with Crippen LogP contribution in [0.15, 0.2) is 33.9 Å². The van der Waals surface area contributed by atoms with Gasteiger partial charge in [-0.3, -0.25) is 18.8 Å². The van der Waals surface area contributed by atoms with E-state index in [2.05, 4.69) is 18.7 Å². The Morgan fingerprint density at radius 1 is 1.03 bits per heavy atom. The first-order chi connectivity index (χ1) is 14.3. The molecule has 4 rings (SSSR count). The molecule has 0 unspecified atom stereocenters. The Morgan fingerprint density at radius 2 is 1.70 bits per heavy atom. The molecule has 0 bridgehead atoms. The number of hydrogen-bond acceptors (Lipinski definition) is 4. The largest absolute Gasteiger partial charge is 0.332 e. The lowest BCUT2D eigenvalue weighted by atomic mass is 9.92. The molecule has 30 heavy (non-hydrogen) atoms. The highest BCUT2D eigenvalue weighted by atomic mass is 35.5. The normalized spacial score (nSPS) is 20.2. The first-order valence-corrected chi connectivity index (χ1v) is 10.7. The summed E-state index contributed by atoms with van der Waals surface area (Å²) in [5.74, 6) is 2.02. The van der Waals surface area contributed by atoms with Gasteiger partial charge in [-0.2, -0.15) is 0 Å². The number of hydrogen-bond donors (Lipinski definition) is 0. The molecule has 1 fully saturated rings. The van der Waals surface area contributed by atoms with Gasteiger partial charge in [0, 0.05) is 32.2 Å². The SMILES string of the molecule is C[C@H]1C[C@H](C)CN(Cc2nc3c(c(=O)n(C)c(=O)n3C)n2Cc2ccccc2Cl)C1. The molecule has 0 saturated carbocycles. The summed E-state index contributed by atoms with van der Waals surface area (Å²) in [6.45, 7) is 7.60. The van der Waals surface area contributed by atoms with Crippen molar-refractivity contribution in [2.24, 2.45) is 25.9 Å². The van der Waals surface area contributed by atoms with Crippen molar-refractivity contribution in [3.8, 4) is 0 Å². The maximum absolute atomic E-state index is 13.0. The maximum atomic E-state index is 13.0.